The molecule has 0 spiro atoms. The van der Waals surface area contributed by atoms with E-state index in [-0.39, 0.29) is 23.4 Å². The largest absolute Gasteiger partial charge is 0.454 e. The highest BCUT2D eigenvalue weighted by Gasteiger charge is 2.34. The number of aromatic amines is 1. The molecule has 25 heavy (non-hydrogen) atoms. The molecule has 2 N–H and O–H groups in total. The van der Waals surface area contributed by atoms with Crippen molar-refractivity contribution in [3.63, 3.8) is 0 Å². The summed E-state index contributed by atoms with van der Waals surface area (Å²) in [6.45, 7) is 0.116. The van der Waals surface area contributed by atoms with Gasteiger partial charge in [-0.15, -0.1) is 0 Å². The maximum Gasteiger partial charge on any atom is 0.449 e. The number of carbonyl (C=O) groups excluding carboxylic acids is 1. The number of ether oxygens (including phenoxy) is 2. The zero-order valence-corrected chi connectivity index (χ0v) is 12.5. The van der Waals surface area contributed by atoms with Crippen molar-refractivity contribution in [3.8, 4) is 11.5 Å². The first kappa shape index (κ1) is 15.3. The molecule has 0 aliphatic carbocycles. The molecule has 1 aliphatic rings. The molecule has 1 amide bonds. The summed E-state index contributed by atoms with van der Waals surface area (Å²) < 4.78 is 48.5. The number of halogens is 3. The van der Waals surface area contributed by atoms with Crippen LogP contribution in [0.1, 0.15) is 16.2 Å². The Balaban J connectivity index is 1.59. The fraction of sp³-hybridized carbons (Fsp3) is 0.125. The molecule has 0 saturated carbocycles. The maximum absolute atomic E-state index is 12.7. The summed E-state index contributed by atoms with van der Waals surface area (Å²) in [5.74, 6) is -0.479. The molecule has 2 heterocycles. The van der Waals surface area contributed by atoms with Crippen LogP contribution in [0.15, 0.2) is 36.4 Å². The van der Waals surface area contributed by atoms with Gasteiger partial charge in [-0.1, -0.05) is 0 Å². The number of imidazole rings is 1. The maximum atomic E-state index is 12.7. The molecule has 4 rings (SSSR count). The van der Waals surface area contributed by atoms with Gasteiger partial charge in [0.25, 0.3) is 5.91 Å². The minimum Gasteiger partial charge on any atom is -0.454 e. The second-order valence-corrected chi connectivity index (χ2v) is 5.34. The monoisotopic (exact) mass is 349 g/mol. The van der Waals surface area contributed by atoms with Crippen LogP contribution in [0.4, 0.5) is 18.9 Å². The lowest BCUT2D eigenvalue weighted by atomic mass is 10.2. The van der Waals surface area contributed by atoms with Gasteiger partial charge in [0.05, 0.1) is 11.0 Å². The average Bonchev–Trinajstić information content (AvgIpc) is 3.19. The number of alkyl halides is 3. The Morgan fingerprint density at radius 1 is 1.12 bits per heavy atom. The van der Waals surface area contributed by atoms with E-state index in [1.54, 1.807) is 18.2 Å². The number of nitrogens with one attached hydrogen (secondary N) is 2. The number of benzene rings is 2. The molecular formula is C16H10F3N3O3. The standard InChI is InChI=1S/C16H10F3N3O3/c17-16(18,19)15-21-10-3-1-8(5-11(10)22-15)14(23)20-9-2-4-12-13(6-9)25-7-24-12/h1-6H,7H2,(H,20,23)(H,21,22). The lowest BCUT2D eigenvalue weighted by Gasteiger charge is -2.06. The third-order valence-electron chi connectivity index (χ3n) is 3.64. The van der Waals surface area contributed by atoms with Crippen LogP contribution in [-0.2, 0) is 6.18 Å². The molecule has 0 fully saturated rings. The van der Waals surface area contributed by atoms with Gasteiger partial charge in [0.15, 0.2) is 11.5 Å². The topological polar surface area (TPSA) is 76.2 Å². The molecule has 0 unspecified atom stereocenters. The number of carbonyl (C=O) groups is 1. The molecule has 1 aliphatic heterocycles. The Kier molecular flexibility index (Phi) is 3.31. The van der Waals surface area contributed by atoms with Gasteiger partial charge in [-0.25, -0.2) is 4.98 Å². The highest BCUT2D eigenvalue weighted by molar-refractivity contribution is 6.06. The number of H-pyrrole nitrogens is 1. The summed E-state index contributed by atoms with van der Waals surface area (Å²) in [6.07, 6.45) is -4.58. The lowest BCUT2D eigenvalue weighted by molar-refractivity contribution is -0.144. The predicted octanol–water partition coefficient (Wildman–Crippen LogP) is 3.56. The third-order valence-corrected chi connectivity index (χ3v) is 3.64. The number of hydrogen-bond donors (Lipinski definition) is 2. The molecule has 1 aromatic heterocycles. The molecule has 6 nitrogen and oxygen atoms in total. The van der Waals surface area contributed by atoms with Crippen molar-refractivity contribution >= 4 is 22.6 Å². The Labute approximate surface area is 138 Å². The first-order valence-electron chi connectivity index (χ1n) is 7.18. The highest BCUT2D eigenvalue weighted by atomic mass is 19.4. The van der Waals surface area contributed by atoms with Gasteiger partial charge in [-0.05, 0) is 30.3 Å². The fourth-order valence-electron chi connectivity index (χ4n) is 2.46. The highest BCUT2D eigenvalue weighted by Crippen LogP contribution is 2.34. The van der Waals surface area contributed by atoms with Crippen molar-refractivity contribution in [2.45, 2.75) is 6.18 Å². The molecule has 0 saturated heterocycles. The number of rotatable bonds is 2. The van der Waals surface area contributed by atoms with Crippen molar-refractivity contribution in [3.05, 3.63) is 47.8 Å². The smallest absolute Gasteiger partial charge is 0.449 e. The minimum atomic E-state index is -4.58. The van der Waals surface area contributed by atoms with E-state index >= 15 is 0 Å². The molecule has 2 aromatic carbocycles. The average molecular weight is 349 g/mol. The number of anilines is 1. The number of fused-ring (bicyclic) bond motifs is 2. The van der Waals surface area contributed by atoms with E-state index in [2.05, 4.69) is 15.3 Å². The molecule has 0 radical (unpaired) electrons. The molecule has 128 valence electrons. The summed E-state index contributed by atoms with van der Waals surface area (Å²) in [5.41, 5.74) is 0.940. The van der Waals surface area contributed by atoms with Crippen LogP contribution in [0.2, 0.25) is 0 Å². The molecule has 0 atom stereocenters. The molecular weight excluding hydrogens is 339 g/mol. The van der Waals surface area contributed by atoms with Crippen molar-refractivity contribution in [2.24, 2.45) is 0 Å². The van der Waals surface area contributed by atoms with Gasteiger partial charge in [0.1, 0.15) is 0 Å². The van der Waals surface area contributed by atoms with E-state index in [9.17, 15) is 18.0 Å². The predicted molar refractivity (Wildman–Crippen MR) is 81.6 cm³/mol. The summed E-state index contributed by atoms with van der Waals surface area (Å²) in [7, 11) is 0. The van der Waals surface area contributed by atoms with Crippen molar-refractivity contribution in [1.29, 1.82) is 0 Å². The second kappa shape index (κ2) is 5.40. The van der Waals surface area contributed by atoms with E-state index in [1.807, 2.05) is 0 Å². The number of nitrogens with zero attached hydrogens (tertiary/aromatic N) is 1. The van der Waals surface area contributed by atoms with E-state index in [0.29, 0.717) is 17.2 Å². The Bertz CT molecular complexity index is 982. The quantitative estimate of drug-likeness (QED) is 0.742. The van der Waals surface area contributed by atoms with Crippen molar-refractivity contribution in [1.82, 2.24) is 9.97 Å². The first-order valence-corrected chi connectivity index (χ1v) is 7.18. The summed E-state index contributed by atoms with van der Waals surface area (Å²) in [5, 5.41) is 2.66. The van der Waals surface area contributed by atoms with E-state index in [1.165, 1.54) is 18.2 Å². The number of aromatic nitrogens is 2. The van der Waals surface area contributed by atoms with Crippen LogP contribution in [0.5, 0.6) is 11.5 Å². The van der Waals surface area contributed by atoms with Gasteiger partial charge in [-0.3, -0.25) is 4.79 Å². The number of hydrogen-bond acceptors (Lipinski definition) is 4. The lowest BCUT2D eigenvalue weighted by Crippen LogP contribution is -2.11. The molecule has 9 heteroatoms. The van der Waals surface area contributed by atoms with Crippen molar-refractivity contribution < 1.29 is 27.4 Å². The number of amides is 1. The van der Waals surface area contributed by atoms with Gasteiger partial charge >= 0.3 is 6.18 Å². The fourth-order valence-corrected chi connectivity index (χ4v) is 2.46. The van der Waals surface area contributed by atoms with E-state index in [0.717, 1.165) is 0 Å². The van der Waals surface area contributed by atoms with Crippen LogP contribution >= 0.6 is 0 Å². The van der Waals surface area contributed by atoms with Crippen LogP contribution in [-0.4, -0.2) is 22.7 Å². The summed E-state index contributed by atoms with van der Waals surface area (Å²) in [6, 6.07) is 8.99. The van der Waals surface area contributed by atoms with E-state index < -0.39 is 17.9 Å². The Morgan fingerprint density at radius 3 is 2.72 bits per heavy atom. The zero-order chi connectivity index (χ0) is 17.6. The van der Waals surface area contributed by atoms with Crippen LogP contribution in [0.25, 0.3) is 11.0 Å². The third kappa shape index (κ3) is 2.84. The molecule has 3 aromatic rings. The Morgan fingerprint density at radius 2 is 1.92 bits per heavy atom. The Hall–Kier alpha value is -3.23. The van der Waals surface area contributed by atoms with Crippen LogP contribution in [0.3, 0.4) is 0 Å². The van der Waals surface area contributed by atoms with Gasteiger partial charge < -0.3 is 19.8 Å². The zero-order valence-electron chi connectivity index (χ0n) is 12.5. The van der Waals surface area contributed by atoms with Gasteiger partial charge in [0.2, 0.25) is 12.6 Å². The van der Waals surface area contributed by atoms with E-state index in [4.69, 9.17) is 9.47 Å². The van der Waals surface area contributed by atoms with Crippen molar-refractivity contribution in [2.75, 3.05) is 12.1 Å². The normalized spacial score (nSPS) is 13.2. The first-order chi connectivity index (χ1) is 11.9. The second-order valence-electron chi connectivity index (χ2n) is 5.34. The molecule has 0 bridgehead atoms. The minimum absolute atomic E-state index is 0.116. The summed E-state index contributed by atoms with van der Waals surface area (Å²) in [4.78, 5) is 18.0. The van der Waals surface area contributed by atoms with Gasteiger partial charge in [-0.2, -0.15) is 13.2 Å². The van der Waals surface area contributed by atoms with Gasteiger partial charge in [0, 0.05) is 17.3 Å². The van der Waals surface area contributed by atoms with Crippen LogP contribution in [0, 0.1) is 0 Å². The SMILES string of the molecule is O=C(Nc1ccc2c(c1)OCO2)c1ccc2nc(C(F)(F)F)[nH]c2c1. The van der Waals surface area contributed by atoms with Crippen LogP contribution < -0.4 is 14.8 Å². The summed E-state index contributed by atoms with van der Waals surface area (Å²) >= 11 is 0.